The predicted molar refractivity (Wildman–Crippen MR) is 168 cm³/mol. The summed E-state index contributed by atoms with van der Waals surface area (Å²) in [5.74, 6) is 2.01. The van der Waals surface area contributed by atoms with Gasteiger partial charge >= 0.3 is 5.97 Å². The molecule has 0 aromatic heterocycles. The zero-order valence-corrected chi connectivity index (χ0v) is 25.2. The summed E-state index contributed by atoms with van der Waals surface area (Å²) in [7, 11) is 0. The number of ether oxygens (including phenoxy) is 3. The van der Waals surface area contributed by atoms with Crippen LogP contribution in [0.15, 0.2) is 103 Å². The third-order valence-corrected chi connectivity index (χ3v) is 8.03. The van der Waals surface area contributed by atoms with Crippen LogP contribution in [0.3, 0.4) is 0 Å². The van der Waals surface area contributed by atoms with Gasteiger partial charge in [-0.05, 0) is 74.7 Å². The Kier molecular flexibility index (Phi) is 9.28. The van der Waals surface area contributed by atoms with Gasteiger partial charge in [-0.3, -0.25) is 9.69 Å². The first-order valence-electron chi connectivity index (χ1n) is 14.9. The average molecular weight is 564 g/mol. The van der Waals surface area contributed by atoms with Gasteiger partial charge in [-0.15, -0.1) is 0 Å². The van der Waals surface area contributed by atoms with Gasteiger partial charge in [-0.1, -0.05) is 72.8 Å². The van der Waals surface area contributed by atoms with Crippen molar-refractivity contribution in [1.82, 2.24) is 4.90 Å². The van der Waals surface area contributed by atoms with Gasteiger partial charge in [0.1, 0.15) is 30.0 Å². The third-order valence-electron chi connectivity index (χ3n) is 8.03. The monoisotopic (exact) mass is 563 g/mol. The fraction of sp³-hybridized carbons (Fsp3) is 0.324. The Hall–Kier alpha value is -4.09. The quantitative estimate of drug-likeness (QED) is 0.144. The van der Waals surface area contributed by atoms with E-state index in [1.807, 2.05) is 36.4 Å². The van der Waals surface area contributed by atoms with Crippen LogP contribution in [0.1, 0.15) is 74.8 Å². The van der Waals surface area contributed by atoms with Crippen LogP contribution < -0.4 is 14.2 Å². The van der Waals surface area contributed by atoms with E-state index in [0.717, 1.165) is 29.2 Å². The van der Waals surface area contributed by atoms with Gasteiger partial charge in [0, 0.05) is 43.0 Å². The Balaban J connectivity index is 1.48. The summed E-state index contributed by atoms with van der Waals surface area (Å²) >= 11 is 0. The Labute approximate surface area is 250 Å². The molecule has 0 radical (unpaired) electrons. The van der Waals surface area contributed by atoms with Crippen molar-refractivity contribution in [3.05, 3.63) is 125 Å². The number of nitrogens with zero attached hydrogens (tertiary/aromatic N) is 1. The van der Waals surface area contributed by atoms with E-state index in [-0.39, 0.29) is 23.9 Å². The fourth-order valence-corrected chi connectivity index (χ4v) is 6.17. The van der Waals surface area contributed by atoms with Gasteiger partial charge < -0.3 is 14.2 Å². The second kappa shape index (κ2) is 13.3. The Bertz CT molecular complexity index is 1440. The SMILES string of the molecule is CC(=O)Oc1ccc([C@@H]2Oc3ccccc3[C@H](c3ccc(OCCN(C(C)C)C(C)C)cc3)[C@H]2c2ccccc2)cc1. The summed E-state index contributed by atoms with van der Waals surface area (Å²) in [5, 5.41) is 0. The molecule has 5 heteroatoms. The molecule has 0 unspecified atom stereocenters. The number of benzene rings is 4. The van der Waals surface area contributed by atoms with Crippen LogP contribution in [-0.2, 0) is 4.79 Å². The number of fused-ring (bicyclic) bond motifs is 1. The molecular formula is C37H41NO4. The van der Waals surface area contributed by atoms with E-state index in [1.165, 1.54) is 18.1 Å². The molecule has 4 aromatic carbocycles. The molecule has 1 aliphatic rings. The lowest BCUT2D eigenvalue weighted by Crippen LogP contribution is -2.39. The minimum absolute atomic E-state index is 0.0121. The molecule has 0 saturated carbocycles. The second-order valence-corrected chi connectivity index (χ2v) is 11.5. The van der Waals surface area contributed by atoms with Crippen molar-refractivity contribution < 1.29 is 19.0 Å². The summed E-state index contributed by atoms with van der Waals surface area (Å²) in [6.07, 6.45) is -0.243. The van der Waals surface area contributed by atoms with E-state index in [1.54, 1.807) is 0 Å². The highest BCUT2D eigenvalue weighted by molar-refractivity contribution is 5.69. The number of hydrogen-bond acceptors (Lipinski definition) is 5. The number of para-hydroxylation sites is 1. The summed E-state index contributed by atoms with van der Waals surface area (Å²) < 4.78 is 18.2. The van der Waals surface area contributed by atoms with Gasteiger partial charge in [0.25, 0.3) is 0 Å². The lowest BCUT2D eigenvalue weighted by molar-refractivity contribution is -0.131. The Morgan fingerprint density at radius 1 is 0.738 bits per heavy atom. The summed E-state index contributed by atoms with van der Waals surface area (Å²) in [5.41, 5.74) is 4.60. The van der Waals surface area contributed by atoms with Crippen LogP contribution >= 0.6 is 0 Å². The lowest BCUT2D eigenvalue weighted by Gasteiger charge is -2.40. The number of hydrogen-bond donors (Lipinski definition) is 0. The first-order valence-corrected chi connectivity index (χ1v) is 14.9. The molecular weight excluding hydrogens is 522 g/mol. The van der Waals surface area contributed by atoms with Crippen LogP contribution in [0, 0.1) is 0 Å². The maximum atomic E-state index is 11.5. The molecule has 4 aromatic rings. The van der Waals surface area contributed by atoms with Gasteiger partial charge in [0.05, 0.1) is 0 Å². The zero-order valence-electron chi connectivity index (χ0n) is 25.2. The first kappa shape index (κ1) is 29.4. The molecule has 0 N–H and O–H groups in total. The number of carbonyl (C=O) groups is 1. The molecule has 0 spiro atoms. The van der Waals surface area contributed by atoms with E-state index in [2.05, 4.69) is 99.3 Å². The molecule has 0 fully saturated rings. The standard InChI is InChI=1S/C37H41NO4/c1-25(2)38(26(3)4)23-24-40-31-19-15-29(16-20-31)35-33-13-9-10-14-34(33)42-37(36(35)28-11-7-6-8-12-28)30-17-21-32(22-18-30)41-27(5)39/h6-22,25-26,35-37H,23-24H2,1-5H3/t35-,36+,37-/m0/s1. The average Bonchev–Trinajstić information content (AvgIpc) is 2.99. The largest absolute Gasteiger partial charge is 0.492 e. The van der Waals surface area contributed by atoms with Crippen LogP contribution in [0.25, 0.3) is 0 Å². The van der Waals surface area contributed by atoms with E-state index in [9.17, 15) is 4.79 Å². The molecule has 5 nitrogen and oxygen atoms in total. The highest BCUT2D eigenvalue weighted by Gasteiger charge is 2.41. The first-order chi connectivity index (χ1) is 20.3. The van der Waals surface area contributed by atoms with E-state index >= 15 is 0 Å². The van der Waals surface area contributed by atoms with Crippen LogP contribution in [0.2, 0.25) is 0 Å². The topological polar surface area (TPSA) is 48.0 Å². The summed E-state index contributed by atoms with van der Waals surface area (Å²) in [6, 6.07) is 36.1. The maximum Gasteiger partial charge on any atom is 0.308 e. The van der Waals surface area contributed by atoms with Crippen LogP contribution in [0.5, 0.6) is 17.2 Å². The molecule has 5 rings (SSSR count). The summed E-state index contributed by atoms with van der Waals surface area (Å²) in [4.78, 5) is 13.9. The molecule has 0 aliphatic carbocycles. The normalized spacial score (nSPS) is 18.0. The number of carbonyl (C=O) groups excluding carboxylic acids is 1. The van der Waals surface area contributed by atoms with E-state index in [4.69, 9.17) is 14.2 Å². The van der Waals surface area contributed by atoms with Crippen LogP contribution in [-0.4, -0.2) is 36.1 Å². The smallest absolute Gasteiger partial charge is 0.308 e. The molecule has 42 heavy (non-hydrogen) atoms. The van der Waals surface area contributed by atoms with Crippen molar-refractivity contribution in [2.24, 2.45) is 0 Å². The van der Waals surface area contributed by atoms with Crippen molar-refractivity contribution in [2.45, 2.75) is 64.6 Å². The Morgan fingerprint density at radius 3 is 1.98 bits per heavy atom. The second-order valence-electron chi connectivity index (χ2n) is 11.5. The van der Waals surface area contributed by atoms with Crippen molar-refractivity contribution in [3.63, 3.8) is 0 Å². The molecule has 1 aliphatic heterocycles. The molecule has 0 saturated heterocycles. The van der Waals surface area contributed by atoms with Crippen molar-refractivity contribution in [3.8, 4) is 17.2 Å². The van der Waals surface area contributed by atoms with Crippen molar-refractivity contribution >= 4 is 5.97 Å². The highest BCUT2D eigenvalue weighted by Crippen LogP contribution is 2.53. The Morgan fingerprint density at radius 2 is 1.33 bits per heavy atom. The molecule has 0 bridgehead atoms. The van der Waals surface area contributed by atoms with Gasteiger partial charge in [-0.25, -0.2) is 0 Å². The number of esters is 1. The third kappa shape index (κ3) is 6.69. The lowest BCUT2D eigenvalue weighted by atomic mass is 9.71. The van der Waals surface area contributed by atoms with Gasteiger partial charge in [0.15, 0.2) is 0 Å². The molecule has 3 atom stereocenters. The fourth-order valence-electron chi connectivity index (χ4n) is 6.17. The molecule has 0 amide bonds. The van der Waals surface area contributed by atoms with Crippen LogP contribution in [0.4, 0.5) is 0 Å². The highest BCUT2D eigenvalue weighted by atomic mass is 16.5. The maximum absolute atomic E-state index is 11.5. The van der Waals surface area contributed by atoms with Crippen molar-refractivity contribution in [2.75, 3.05) is 13.2 Å². The van der Waals surface area contributed by atoms with Crippen molar-refractivity contribution in [1.29, 1.82) is 0 Å². The predicted octanol–water partition coefficient (Wildman–Crippen LogP) is 8.16. The zero-order chi connectivity index (χ0) is 29.6. The minimum atomic E-state index is -0.336. The van der Waals surface area contributed by atoms with E-state index in [0.29, 0.717) is 24.4 Å². The van der Waals surface area contributed by atoms with Gasteiger partial charge in [-0.2, -0.15) is 0 Å². The summed E-state index contributed by atoms with van der Waals surface area (Å²) in [6.45, 7) is 11.9. The van der Waals surface area contributed by atoms with Gasteiger partial charge in [0.2, 0.25) is 0 Å². The molecule has 218 valence electrons. The molecule has 1 heterocycles. The number of rotatable bonds is 10. The minimum Gasteiger partial charge on any atom is -0.492 e. The van der Waals surface area contributed by atoms with E-state index < -0.39 is 0 Å².